The number of carbonyl (C=O) groups is 3. The summed E-state index contributed by atoms with van der Waals surface area (Å²) in [4.78, 5) is 38.2. The lowest BCUT2D eigenvalue weighted by atomic mass is 10.1. The standard InChI is InChI=1S/C70H114O6/c1-4-7-10-13-16-19-22-24-26-28-29-30-31-32-33-34-35-36-37-38-39-40-41-43-44-46-48-51-54-57-60-63-69(72)75-66-67(65-74-68(71)62-59-56-53-50-21-18-15-12-9-6-3)76-70(73)64-61-58-55-52-49-47-45-42-27-25-23-20-17-14-11-8-5-2/h7,10,12,15-17,19-20,24-27,29-30,32-33,35-36,38-39,41,43,67H,4-6,8-9,11,13-14,18,21-23,28,31,34,37,40,42,44-66H2,1-3H3/b10-7-,15-12-,19-16-,20-17-,26-24-,27-25-,30-29-,33-32-,36-35-,39-38-,43-41-. The lowest BCUT2D eigenvalue weighted by Gasteiger charge is -2.18. The van der Waals surface area contributed by atoms with Gasteiger partial charge in [-0.05, 0) is 135 Å². The number of rotatable bonds is 55. The van der Waals surface area contributed by atoms with Crippen molar-refractivity contribution in [2.45, 2.75) is 277 Å². The Balaban J connectivity index is 4.29. The van der Waals surface area contributed by atoms with Crippen molar-refractivity contribution in [2.75, 3.05) is 13.2 Å². The molecule has 0 aromatic carbocycles. The van der Waals surface area contributed by atoms with Gasteiger partial charge in [0, 0.05) is 19.3 Å². The van der Waals surface area contributed by atoms with Gasteiger partial charge < -0.3 is 14.2 Å². The largest absolute Gasteiger partial charge is 0.462 e. The predicted octanol–water partition coefficient (Wildman–Crippen LogP) is 21.4. The van der Waals surface area contributed by atoms with Crippen LogP contribution in [0.5, 0.6) is 0 Å². The highest BCUT2D eigenvalue weighted by Gasteiger charge is 2.19. The van der Waals surface area contributed by atoms with E-state index in [1.165, 1.54) is 77.0 Å². The van der Waals surface area contributed by atoms with E-state index in [0.29, 0.717) is 19.3 Å². The van der Waals surface area contributed by atoms with Crippen LogP contribution in [0.3, 0.4) is 0 Å². The summed E-state index contributed by atoms with van der Waals surface area (Å²) in [5.41, 5.74) is 0. The highest BCUT2D eigenvalue weighted by atomic mass is 16.6. The van der Waals surface area contributed by atoms with E-state index >= 15 is 0 Å². The molecule has 0 heterocycles. The van der Waals surface area contributed by atoms with E-state index in [2.05, 4.69) is 154 Å². The number of esters is 3. The summed E-state index contributed by atoms with van der Waals surface area (Å²) >= 11 is 0. The van der Waals surface area contributed by atoms with E-state index in [9.17, 15) is 14.4 Å². The molecule has 0 saturated carbocycles. The average Bonchev–Trinajstić information content (AvgIpc) is 3.42. The molecule has 0 aliphatic rings. The number of hydrogen-bond donors (Lipinski definition) is 0. The number of ether oxygens (including phenoxy) is 3. The van der Waals surface area contributed by atoms with Gasteiger partial charge in [-0.2, -0.15) is 0 Å². The lowest BCUT2D eigenvalue weighted by Crippen LogP contribution is -2.30. The Morgan fingerprint density at radius 2 is 0.539 bits per heavy atom. The summed E-state index contributed by atoms with van der Waals surface area (Å²) in [6.07, 6.45) is 88.9. The van der Waals surface area contributed by atoms with Gasteiger partial charge in [0.1, 0.15) is 13.2 Å². The van der Waals surface area contributed by atoms with E-state index in [4.69, 9.17) is 14.2 Å². The third kappa shape index (κ3) is 60.4. The zero-order chi connectivity index (χ0) is 55.0. The van der Waals surface area contributed by atoms with Crippen LogP contribution in [0.1, 0.15) is 271 Å². The first-order valence-electron chi connectivity index (χ1n) is 31.2. The Labute approximate surface area is 468 Å². The maximum atomic E-state index is 12.9. The Morgan fingerprint density at radius 3 is 0.868 bits per heavy atom. The molecule has 430 valence electrons. The molecule has 0 aliphatic carbocycles. The average molecular weight is 1050 g/mol. The molecule has 0 fully saturated rings. The normalized spacial score (nSPS) is 13.0. The molecule has 0 aliphatic heterocycles. The van der Waals surface area contributed by atoms with Gasteiger partial charge in [0.2, 0.25) is 0 Å². The molecule has 0 spiro atoms. The zero-order valence-electron chi connectivity index (χ0n) is 49.2. The Bertz CT molecular complexity index is 1630. The van der Waals surface area contributed by atoms with Crippen molar-refractivity contribution in [3.8, 4) is 0 Å². The van der Waals surface area contributed by atoms with Gasteiger partial charge in [-0.25, -0.2) is 0 Å². The summed E-state index contributed by atoms with van der Waals surface area (Å²) in [5, 5.41) is 0. The third-order valence-electron chi connectivity index (χ3n) is 12.8. The number of allylic oxidation sites excluding steroid dienone is 22. The summed E-state index contributed by atoms with van der Waals surface area (Å²) in [7, 11) is 0. The first-order chi connectivity index (χ1) is 37.5. The topological polar surface area (TPSA) is 78.9 Å². The smallest absolute Gasteiger partial charge is 0.306 e. The van der Waals surface area contributed by atoms with Gasteiger partial charge in [-0.3, -0.25) is 14.4 Å². The van der Waals surface area contributed by atoms with Gasteiger partial charge in [-0.15, -0.1) is 0 Å². The quantitative estimate of drug-likeness (QED) is 0.0261. The van der Waals surface area contributed by atoms with Crippen LogP contribution in [0.4, 0.5) is 0 Å². The van der Waals surface area contributed by atoms with Gasteiger partial charge in [0.15, 0.2) is 6.10 Å². The van der Waals surface area contributed by atoms with E-state index in [1.807, 2.05) is 0 Å². The highest BCUT2D eigenvalue weighted by molar-refractivity contribution is 5.71. The molecule has 0 bridgehead atoms. The van der Waals surface area contributed by atoms with Gasteiger partial charge >= 0.3 is 17.9 Å². The van der Waals surface area contributed by atoms with Crippen LogP contribution in [0.2, 0.25) is 0 Å². The van der Waals surface area contributed by atoms with E-state index < -0.39 is 6.10 Å². The Hall–Kier alpha value is -4.45. The fraction of sp³-hybridized carbons (Fsp3) is 0.643. The van der Waals surface area contributed by atoms with Crippen molar-refractivity contribution in [3.63, 3.8) is 0 Å². The SMILES string of the molecule is CC/C=C\C/C=C\C/C=C\C/C=C\C/C=C\C/C=C\C/C=C\C/C=C\CCCCCCCCC(=O)OCC(COC(=O)CCCCCCC/C=C\CCC)OC(=O)CCCCCCCCC/C=C\C/C=C\CCCCC. The Morgan fingerprint density at radius 1 is 0.276 bits per heavy atom. The van der Waals surface area contributed by atoms with Gasteiger partial charge in [0.05, 0.1) is 0 Å². The summed E-state index contributed by atoms with van der Waals surface area (Å²) < 4.78 is 16.8. The molecule has 6 heteroatoms. The molecule has 0 aromatic heterocycles. The molecular weight excluding hydrogens is 937 g/mol. The van der Waals surface area contributed by atoms with Crippen molar-refractivity contribution < 1.29 is 28.6 Å². The van der Waals surface area contributed by atoms with Gasteiger partial charge in [-0.1, -0.05) is 251 Å². The summed E-state index contributed by atoms with van der Waals surface area (Å²) in [5.74, 6) is -0.928. The lowest BCUT2D eigenvalue weighted by molar-refractivity contribution is -0.167. The van der Waals surface area contributed by atoms with Crippen molar-refractivity contribution in [2.24, 2.45) is 0 Å². The van der Waals surface area contributed by atoms with Crippen molar-refractivity contribution >= 4 is 17.9 Å². The highest BCUT2D eigenvalue weighted by Crippen LogP contribution is 2.14. The van der Waals surface area contributed by atoms with E-state index in [-0.39, 0.29) is 31.1 Å². The molecule has 0 rings (SSSR count). The fourth-order valence-corrected chi connectivity index (χ4v) is 8.20. The molecular formula is C70H114O6. The fourth-order valence-electron chi connectivity index (χ4n) is 8.20. The second kappa shape index (κ2) is 63.1. The van der Waals surface area contributed by atoms with Crippen LogP contribution in [0.25, 0.3) is 0 Å². The molecule has 0 N–H and O–H groups in total. The van der Waals surface area contributed by atoms with Crippen molar-refractivity contribution in [1.82, 2.24) is 0 Å². The molecule has 0 saturated heterocycles. The van der Waals surface area contributed by atoms with Crippen LogP contribution in [0.15, 0.2) is 134 Å². The summed E-state index contributed by atoms with van der Waals surface area (Å²) in [6, 6.07) is 0. The van der Waals surface area contributed by atoms with Gasteiger partial charge in [0.25, 0.3) is 0 Å². The molecule has 6 nitrogen and oxygen atoms in total. The number of hydrogen-bond acceptors (Lipinski definition) is 6. The molecule has 0 aromatic rings. The predicted molar refractivity (Wildman–Crippen MR) is 329 cm³/mol. The van der Waals surface area contributed by atoms with Crippen molar-refractivity contribution in [3.05, 3.63) is 134 Å². The van der Waals surface area contributed by atoms with Crippen LogP contribution in [-0.2, 0) is 28.6 Å². The van der Waals surface area contributed by atoms with Crippen LogP contribution < -0.4 is 0 Å². The first-order valence-corrected chi connectivity index (χ1v) is 31.2. The summed E-state index contributed by atoms with van der Waals surface area (Å²) in [6.45, 7) is 6.41. The minimum Gasteiger partial charge on any atom is -0.462 e. The molecule has 0 amide bonds. The van der Waals surface area contributed by atoms with Crippen LogP contribution in [0, 0.1) is 0 Å². The monoisotopic (exact) mass is 1050 g/mol. The third-order valence-corrected chi connectivity index (χ3v) is 12.8. The molecule has 1 unspecified atom stereocenters. The molecule has 76 heavy (non-hydrogen) atoms. The van der Waals surface area contributed by atoms with Crippen molar-refractivity contribution in [1.29, 1.82) is 0 Å². The second-order valence-corrected chi connectivity index (χ2v) is 20.2. The zero-order valence-corrected chi connectivity index (χ0v) is 49.2. The van der Waals surface area contributed by atoms with E-state index in [1.54, 1.807) is 0 Å². The minimum absolute atomic E-state index is 0.0934. The number of unbranched alkanes of at least 4 members (excludes halogenated alkanes) is 22. The molecule has 1 atom stereocenters. The van der Waals surface area contributed by atoms with E-state index in [0.717, 1.165) is 154 Å². The minimum atomic E-state index is -0.796. The Kier molecular flexibility index (Phi) is 59.4. The molecule has 0 radical (unpaired) electrons. The maximum absolute atomic E-state index is 12.9. The second-order valence-electron chi connectivity index (χ2n) is 20.2. The van der Waals surface area contributed by atoms with Crippen LogP contribution >= 0.6 is 0 Å². The maximum Gasteiger partial charge on any atom is 0.306 e. The number of carbonyl (C=O) groups excluding carboxylic acids is 3. The first kappa shape index (κ1) is 71.5. The van der Waals surface area contributed by atoms with Crippen LogP contribution in [-0.4, -0.2) is 37.2 Å².